The Hall–Kier alpha value is -2.55. The number of nitrogens with zero attached hydrogens (tertiary/aromatic N) is 7. The summed E-state index contributed by atoms with van der Waals surface area (Å²) in [6, 6.07) is 0.546. The molecule has 3 fully saturated rings. The number of rotatable bonds is 2. The van der Waals surface area contributed by atoms with Crippen LogP contribution in [0.1, 0.15) is 43.8 Å². The van der Waals surface area contributed by atoms with Gasteiger partial charge in [-0.3, -0.25) is 0 Å². The molecule has 2 unspecified atom stereocenters. The average Bonchev–Trinajstić information content (AvgIpc) is 3.29. The summed E-state index contributed by atoms with van der Waals surface area (Å²) in [5, 5.41) is 0. The van der Waals surface area contributed by atoms with Gasteiger partial charge in [-0.2, -0.15) is 0 Å². The van der Waals surface area contributed by atoms with Gasteiger partial charge in [0.25, 0.3) is 0 Å². The molecule has 0 amide bonds. The fourth-order valence-electron chi connectivity index (χ4n) is 4.91. The first kappa shape index (κ1) is 16.4. The van der Waals surface area contributed by atoms with E-state index in [0.29, 0.717) is 18.6 Å². The molecule has 6 heterocycles. The van der Waals surface area contributed by atoms with E-state index in [1.54, 1.807) is 0 Å². The largest absolute Gasteiger partial charge is 0.373 e. The van der Waals surface area contributed by atoms with E-state index in [1.807, 2.05) is 13.1 Å². The van der Waals surface area contributed by atoms with Gasteiger partial charge in [-0.25, -0.2) is 24.9 Å². The van der Waals surface area contributed by atoms with Gasteiger partial charge in [0.1, 0.15) is 18.3 Å². The summed E-state index contributed by atoms with van der Waals surface area (Å²) in [7, 11) is 0. The summed E-state index contributed by atoms with van der Waals surface area (Å²) in [5.41, 5.74) is 7.59. The highest BCUT2D eigenvalue weighted by atomic mass is 16.5. The molecule has 146 valence electrons. The third-order valence-corrected chi connectivity index (χ3v) is 6.47. The summed E-state index contributed by atoms with van der Waals surface area (Å²) < 4.78 is 7.93. The molecule has 2 saturated heterocycles. The van der Waals surface area contributed by atoms with Crippen molar-refractivity contribution in [2.24, 2.45) is 21.6 Å². The average molecular weight is 380 g/mol. The van der Waals surface area contributed by atoms with Gasteiger partial charge in [0.05, 0.1) is 12.0 Å². The summed E-state index contributed by atoms with van der Waals surface area (Å²) in [4.78, 5) is 26.0. The van der Waals surface area contributed by atoms with Crippen LogP contribution in [0.4, 0.5) is 5.82 Å². The van der Waals surface area contributed by atoms with Crippen LogP contribution in [0.3, 0.4) is 0 Å². The number of aryl methyl sites for hydroxylation is 1. The van der Waals surface area contributed by atoms with E-state index in [-0.39, 0.29) is 12.0 Å². The molecular formula is C19H24N8O. The Kier molecular flexibility index (Phi) is 3.50. The zero-order valence-electron chi connectivity index (χ0n) is 16.0. The van der Waals surface area contributed by atoms with Gasteiger partial charge in [0, 0.05) is 32.0 Å². The van der Waals surface area contributed by atoms with E-state index in [1.165, 1.54) is 12.8 Å². The van der Waals surface area contributed by atoms with Crippen molar-refractivity contribution < 1.29 is 4.74 Å². The maximum Gasteiger partial charge on any atom is 0.215 e. The molecule has 0 radical (unpaired) electrons. The van der Waals surface area contributed by atoms with Crippen molar-refractivity contribution in [2.45, 2.75) is 57.3 Å². The van der Waals surface area contributed by atoms with E-state index < -0.39 is 0 Å². The first-order valence-electron chi connectivity index (χ1n) is 10.2. The quantitative estimate of drug-likeness (QED) is 0.839. The molecule has 0 spiro atoms. The van der Waals surface area contributed by atoms with Crippen molar-refractivity contribution in [3.63, 3.8) is 0 Å². The first-order chi connectivity index (χ1) is 13.7. The lowest BCUT2D eigenvalue weighted by molar-refractivity contribution is 0.122. The SMILES string of the molecule is CC1N=C(N)N=CC1c1nc(N2CC3CC2C3)c2nc3n(c2n1)CCCOC3. The standard InChI is InChI=1S/C19H24N8O/c1-10-13(7-21-19(20)22-10)16-24-17-15(23-14-9-28-4-2-3-26(14)17)18(25-16)27-8-11-5-12(27)6-11/h7,10-13H,2-6,8-9H2,1H3,(H2,20,22). The Balaban J connectivity index is 1.53. The maximum absolute atomic E-state index is 5.78. The third kappa shape index (κ3) is 2.38. The van der Waals surface area contributed by atoms with E-state index in [2.05, 4.69) is 19.5 Å². The van der Waals surface area contributed by atoms with Gasteiger partial charge in [-0.15, -0.1) is 0 Å². The second kappa shape index (κ2) is 5.97. The number of nitrogens with two attached hydrogens (primary N) is 1. The predicted molar refractivity (Wildman–Crippen MR) is 106 cm³/mol. The fourth-order valence-corrected chi connectivity index (χ4v) is 4.91. The summed E-state index contributed by atoms with van der Waals surface area (Å²) in [6.07, 6.45) is 5.33. The summed E-state index contributed by atoms with van der Waals surface area (Å²) >= 11 is 0. The fraction of sp³-hybridized carbons (Fsp3) is 0.632. The van der Waals surface area contributed by atoms with Gasteiger partial charge in [0.2, 0.25) is 5.96 Å². The Morgan fingerprint density at radius 2 is 2.11 bits per heavy atom. The Bertz CT molecular complexity index is 1010. The molecule has 0 aromatic carbocycles. The van der Waals surface area contributed by atoms with Crippen molar-refractivity contribution >= 4 is 29.2 Å². The number of hydrogen-bond acceptors (Lipinski definition) is 8. The highest BCUT2D eigenvalue weighted by Gasteiger charge is 2.44. The molecule has 2 atom stereocenters. The van der Waals surface area contributed by atoms with Crippen LogP contribution in [0, 0.1) is 5.92 Å². The number of aliphatic imine (C=N–C) groups is 2. The van der Waals surface area contributed by atoms with Crippen LogP contribution in [0.25, 0.3) is 11.2 Å². The van der Waals surface area contributed by atoms with E-state index in [4.69, 9.17) is 25.4 Å². The van der Waals surface area contributed by atoms with Gasteiger partial charge < -0.3 is 19.9 Å². The van der Waals surface area contributed by atoms with Crippen molar-refractivity contribution in [2.75, 3.05) is 18.1 Å². The van der Waals surface area contributed by atoms with Gasteiger partial charge in [-0.05, 0) is 32.1 Å². The molecule has 4 aliphatic heterocycles. The number of imidazole rings is 1. The van der Waals surface area contributed by atoms with Crippen LogP contribution in [0.2, 0.25) is 0 Å². The number of aromatic nitrogens is 4. The highest BCUT2D eigenvalue weighted by Crippen LogP contribution is 2.44. The second-order valence-electron chi connectivity index (χ2n) is 8.34. The van der Waals surface area contributed by atoms with Crippen LogP contribution in [-0.2, 0) is 17.9 Å². The maximum atomic E-state index is 5.78. The number of anilines is 1. The highest BCUT2D eigenvalue weighted by molar-refractivity contribution is 5.91. The molecule has 2 N–H and O–H groups in total. The normalized spacial score (nSPS) is 31.5. The summed E-state index contributed by atoms with van der Waals surface area (Å²) in [6.45, 7) is 5.25. The Morgan fingerprint density at radius 3 is 2.89 bits per heavy atom. The van der Waals surface area contributed by atoms with E-state index in [0.717, 1.165) is 60.7 Å². The molecule has 2 bridgehead atoms. The topological polar surface area (TPSA) is 107 Å². The van der Waals surface area contributed by atoms with Gasteiger partial charge >= 0.3 is 0 Å². The Morgan fingerprint density at radius 1 is 1.21 bits per heavy atom. The minimum Gasteiger partial charge on any atom is -0.373 e. The molecule has 2 aromatic heterocycles. The van der Waals surface area contributed by atoms with Gasteiger partial charge in [-0.1, -0.05) is 0 Å². The van der Waals surface area contributed by atoms with Crippen molar-refractivity contribution in [3.8, 4) is 0 Å². The molecule has 7 rings (SSSR count). The first-order valence-corrected chi connectivity index (χ1v) is 10.2. The van der Waals surface area contributed by atoms with Crippen molar-refractivity contribution in [1.82, 2.24) is 19.5 Å². The zero-order chi connectivity index (χ0) is 18.8. The van der Waals surface area contributed by atoms with Crippen LogP contribution >= 0.6 is 0 Å². The zero-order valence-corrected chi connectivity index (χ0v) is 16.0. The van der Waals surface area contributed by atoms with Crippen LogP contribution in [-0.4, -0.2) is 56.9 Å². The molecule has 9 heteroatoms. The molecule has 1 aliphatic carbocycles. The van der Waals surface area contributed by atoms with Crippen LogP contribution < -0.4 is 10.6 Å². The lowest BCUT2D eigenvalue weighted by atomic mass is 9.86. The number of hydrogen-bond donors (Lipinski definition) is 1. The number of guanidine groups is 1. The van der Waals surface area contributed by atoms with Crippen LogP contribution in [0.15, 0.2) is 9.98 Å². The minimum atomic E-state index is -0.0822. The molecule has 2 aromatic rings. The molecule has 28 heavy (non-hydrogen) atoms. The number of fused-ring (bicyclic) bond motifs is 4. The lowest BCUT2D eigenvalue weighted by Gasteiger charge is -2.27. The Labute approximate surface area is 162 Å². The van der Waals surface area contributed by atoms with Crippen molar-refractivity contribution in [1.29, 1.82) is 0 Å². The molecule has 1 saturated carbocycles. The third-order valence-electron chi connectivity index (χ3n) is 6.47. The molecular weight excluding hydrogens is 356 g/mol. The lowest BCUT2D eigenvalue weighted by Crippen LogP contribution is -2.31. The smallest absolute Gasteiger partial charge is 0.215 e. The van der Waals surface area contributed by atoms with E-state index >= 15 is 0 Å². The monoisotopic (exact) mass is 380 g/mol. The molecule has 5 aliphatic rings. The minimum absolute atomic E-state index is 0.0371. The molecule has 9 nitrogen and oxygen atoms in total. The number of ether oxygens (including phenoxy) is 1. The van der Waals surface area contributed by atoms with Gasteiger partial charge in [0.15, 0.2) is 17.0 Å². The van der Waals surface area contributed by atoms with Crippen molar-refractivity contribution in [3.05, 3.63) is 11.6 Å². The van der Waals surface area contributed by atoms with E-state index in [9.17, 15) is 0 Å². The predicted octanol–water partition coefficient (Wildman–Crippen LogP) is 1.22. The van der Waals surface area contributed by atoms with Crippen LogP contribution in [0.5, 0.6) is 0 Å². The second-order valence-corrected chi connectivity index (χ2v) is 8.34. The summed E-state index contributed by atoms with van der Waals surface area (Å²) in [5.74, 6) is 3.70.